The third-order valence-corrected chi connectivity index (χ3v) is 5.95. The van der Waals surface area contributed by atoms with Crippen LogP contribution in [0.15, 0.2) is 60.7 Å². The Morgan fingerprint density at radius 3 is 1.93 bits per heavy atom. The van der Waals surface area contributed by atoms with Gasteiger partial charge >= 0.3 is 0 Å². The summed E-state index contributed by atoms with van der Waals surface area (Å²) < 4.78 is 30.8. The Balaban J connectivity index is 1.81. The molecule has 1 heterocycles. The molecule has 5 atom stereocenters. The van der Waals surface area contributed by atoms with Crippen LogP contribution in [-0.2, 0) is 36.9 Å². The van der Waals surface area contributed by atoms with Gasteiger partial charge in [-0.2, -0.15) is 0 Å². The van der Waals surface area contributed by atoms with Crippen LogP contribution in [0.3, 0.4) is 0 Å². The second-order valence-electron chi connectivity index (χ2n) is 7.00. The van der Waals surface area contributed by atoms with Crippen molar-refractivity contribution in [2.75, 3.05) is 13.4 Å². The number of hydrogen-bond donors (Lipinski definition) is 0. The molecule has 2 aromatic carbocycles. The summed E-state index contributed by atoms with van der Waals surface area (Å²) in [7, 11) is 1.61. The van der Waals surface area contributed by atoms with Crippen molar-refractivity contribution < 1.29 is 23.7 Å². The molecule has 1 aliphatic heterocycles. The monoisotopic (exact) mass is 448 g/mol. The molecule has 162 valence electrons. The van der Waals surface area contributed by atoms with Gasteiger partial charge in [-0.25, -0.2) is 0 Å². The van der Waals surface area contributed by atoms with Gasteiger partial charge in [0.15, 0.2) is 12.4 Å². The highest BCUT2D eigenvalue weighted by Crippen LogP contribution is 2.30. The topological polar surface area (TPSA) is 46.2 Å². The Bertz CT molecular complexity index is 774. The lowest BCUT2D eigenvalue weighted by atomic mass is 9.99. The molecular formula is C23H28O5S2. The Hall–Kier alpha value is -1.48. The average molecular weight is 449 g/mol. The van der Waals surface area contributed by atoms with Crippen LogP contribution < -0.4 is 0 Å². The highest BCUT2D eigenvalue weighted by Gasteiger charge is 2.48. The van der Waals surface area contributed by atoms with Crippen molar-refractivity contribution in [3.63, 3.8) is 0 Å². The van der Waals surface area contributed by atoms with Gasteiger partial charge in [-0.1, -0.05) is 72.4 Å². The molecule has 1 fully saturated rings. The maximum Gasteiger partial charge on any atom is 0.220 e. The molecule has 0 bridgehead atoms. The molecule has 0 N–H and O–H groups in total. The van der Waals surface area contributed by atoms with Crippen LogP contribution in [0.5, 0.6) is 0 Å². The Morgan fingerprint density at radius 1 is 0.900 bits per heavy atom. The summed E-state index contributed by atoms with van der Waals surface area (Å²) >= 11 is 6.70. The first-order valence-corrected chi connectivity index (χ1v) is 11.5. The molecule has 0 saturated carbocycles. The van der Waals surface area contributed by atoms with Crippen molar-refractivity contribution in [1.82, 2.24) is 0 Å². The number of ether oxygens (including phenoxy) is 5. The molecule has 0 radical (unpaired) electrons. The number of benzene rings is 2. The van der Waals surface area contributed by atoms with Gasteiger partial charge in [0.2, 0.25) is 4.38 Å². The van der Waals surface area contributed by atoms with Crippen molar-refractivity contribution >= 4 is 28.4 Å². The van der Waals surface area contributed by atoms with Crippen LogP contribution in [0.1, 0.15) is 18.1 Å². The van der Waals surface area contributed by atoms with Crippen LogP contribution in [0.2, 0.25) is 0 Å². The summed E-state index contributed by atoms with van der Waals surface area (Å²) in [4.78, 5) is 0. The van der Waals surface area contributed by atoms with Crippen LogP contribution in [0.25, 0.3) is 0 Å². The van der Waals surface area contributed by atoms with Gasteiger partial charge in [0.25, 0.3) is 0 Å². The minimum Gasteiger partial charge on any atom is -0.470 e. The summed E-state index contributed by atoms with van der Waals surface area (Å²) in [5.41, 5.74) is 2.13. The van der Waals surface area contributed by atoms with Gasteiger partial charge in [-0.3, -0.25) is 0 Å². The number of thiocarbonyl (C=S) groups is 1. The van der Waals surface area contributed by atoms with Crippen LogP contribution in [0, 0.1) is 0 Å². The zero-order valence-corrected chi connectivity index (χ0v) is 19.1. The first-order chi connectivity index (χ1) is 14.6. The summed E-state index contributed by atoms with van der Waals surface area (Å²) in [5, 5.41) is 0. The quantitative estimate of drug-likeness (QED) is 0.548. The number of rotatable bonds is 8. The van der Waals surface area contributed by atoms with E-state index in [-0.39, 0.29) is 6.10 Å². The predicted molar refractivity (Wildman–Crippen MR) is 122 cm³/mol. The van der Waals surface area contributed by atoms with Gasteiger partial charge in [-0.05, 0) is 36.5 Å². The smallest absolute Gasteiger partial charge is 0.220 e. The molecular weight excluding hydrogens is 420 g/mol. The molecule has 1 aliphatic rings. The average Bonchev–Trinajstić information content (AvgIpc) is 2.79. The SMILES string of the molecule is CO[C@H]1O[C@@H](C)[C@@H](OC(=S)SC)[C@@H](OCc2ccccc2)[C@@H]1OCc1ccccc1. The molecule has 0 amide bonds. The first kappa shape index (κ1) is 23.2. The predicted octanol–water partition coefficient (Wildman–Crippen LogP) is 4.58. The largest absolute Gasteiger partial charge is 0.470 e. The second-order valence-corrected chi connectivity index (χ2v) is 8.41. The normalized spacial score (nSPS) is 26.3. The molecule has 30 heavy (non-hydrogen) atoms. The van der Waals surface area contributed by atoms with E-state index in [0.29, 0.717) is 17.6 Å². The van der Waals surface area contributed by atoms with E-state index in [1.165, 1.54) is 11.8 Å². The van der Waals surface area contributed by atoms with E-state index < -0.39 is 24.6 Å². The fraction of sp³-hybridized carbons (Fsp3) is 0.435. The van der Waals surface area contributed by atoms with Crippen molar-refractivity contribution in [3.8, 4) is 0 Å². The van der Waals surface area contributed by atoms with E-state index in [1.54, 1.807) is 7.11 Å². The van der Waals surface area contributed by atoms with Gasteiger partial charge < -0.3 is 23.7 Å². The van der Waals surface area contributed by atoms with E-state index in [4.69, 9.17) is 35.9 Å². The van der Waals surface area contributed by atoms with E-state index in [9.17, 15) is 0 Å². The summed E-state index contributed by atoms with van der Waals surface area (Å²) in [6.07, 6.45) is -0.291. The molecule has 3 rings (SSSR count). The third kappa shape index (κ3) is 6.26. The first-order valence-electron chi connectivity index (χ1n) is 9.86. The van der Waals surface area contributed by atoms with Gasteiger partial charge in [0.1, 0.15) is 12.2 Å². The van der Waals surface area contributed by atoms with Gasteiger partial charge in [0.05, 0.1) is 19.3 Å². The molecule has 5 nitrogen and oxygen atoms in total. The van der Waals surface area contributed by atoms with Crippen LogP contribution >= 0.6 is 24.0 Å². The summed E-state index contributed by atoms with van der Waals surface area (Å²) in [6, 6.07) is 20.0. The van der Waals surface area contributed by atoms with E-state index in [0.717, 1.165) is 11.1 Å². The zero-order valence-electron chi connectivity index (χ0n) is 17.4. The fourth-order valence-electron chi connectivity index (χ4n) is 3.38. The van der Waals surface area contributed by atoms with Crippen molar-refractivity contribution in [2.24, 2.45) is 0 Å². The Morgan fingerprint density at radius 2 is 1.43 bits per heavy atom. The van der Waals surface area contributed by atoms with Crippen LogP contribution in [0.4, 0.5) is 0 Å². The number of methoxy groups -OCH3 is 1. The third-order valence-electron chi connectivity index (χ3n) is 4.93. The van der Waals surface area contributed by atoms with E-state index in [1.807, 2.05) is 73.8 Å². The number of hydrogen-bond acceptors (Lipinski definition) is 7. The Labute approximate surface area is 188 Å². The fourth-order valence-corrected chi connectivity index (χ4v) is 3.70. The van der Waals surface area contributed by atoms with Crippen LogP contribution in [-0.4, -0.2) is 48.5 Å². The van der Waals surface area contributed by atoms with Crippen molar-refractivity contribution in [1.29, 1.82) is 0 Å². The maximum atomic E-state index is 6.35. The summed E-state index contributed by atoms with van der Waals surface area (Å²) in [6.45, 7) is 2.77. The molecule has 1 saturated heterocycles. The Kier molecular flexibility index (Phi) is 9.11. The lowest BCUT2D eigenvalue weighted by Crippen LogP contribution is -2.60. The van der Waals surface area contributed by atoms with Gasteiger partial charge in [0, 0.05) is 7.11 Å². The molecule has 0 unspecified atom stereocenters. The lowest BCUT2D eigenvalue weighted by molar-refractivity contribution is -0.304. The molecule has 0 aromatic heterocycles. The molecule has 2 aromatic rings. The highest BCUT2D eigenvalue weighted by atomic mass is 32.2. The van der Waals surface area contributed by atoms with E-state index >= 15 is 0 Å². The van der Waals surface area contributed by atoms with Crippen molar-refractivity contribution in [2.45, 2.75) is 50.8 Å². The molecule has 7 heteroatoms. The minimum absolute atomic E-state index is 0.280. The number of thioether (sulfide) groups is 1. The standard InChI is InChI=1S/C23H28O5S2/c1-16-19(28-23(29)30-3)20(25-14-17-10-6-4-7-11-17)21(22(24-2)27-16)26-15-18-12-8-5-9-13-18/h4-13,16,19-22H,14-15H2,1-3H3/t16-,19+,20+,21-,22-/m0/s1. The maximum absolute atomic E-state index is 6.35. The second kappa shape index (κ2) is 11.8. The van der Waals surface area contributed by atoms with Crippen molar-refractivity contribution in [3.05, 3.63) is 71.8 Å². The zero-order chi connectivity index (χ0) is 21.3. The molecule has 0 aliphatic carbocycles. The minimum atomic E-state index is -0.577. The summed E-state index contributed by atoms with van der Waals surface area (Å²) in [5.74, 6) is 0. The lowest BCUT2D eigenvalue weighted by Gasteiger charge is -2.44. The van der Waals surface area contributed by atoms with E-state index in [2.05, 4.69) is 0 Å². The van der Waals surface area contributed by atoms with Gasteiger partial charge in [-0.15, -0.1) is 0 Å². The highest BCUT2D eigenvalue weighted by molar-refractivity contribution is 8.22. The molecule has 0 spiro atoms.